The zero-order valence-electron chi connectivity index (χ0n) is 25.9. The quantitative estimate of drug-likeness (QED) is 0.243. The monoisotopic (exact) mass is 613 g/mol. The van der Waals surface area contributed by atoms with Gasteiger partial charge in [0, 0.05) is 49.2 Å². The van der Waals surface area contributed by atoms with Gasteiger partial charge in [-0.1, -0.05) is 51.1 Å². The number of alkyl halides is 1. The molecule has 1 aromatic heterocycles. The maximum Gasteiger partial charge on any atom is 0.410 e. The van der Waals surface area contributed by atoms with Crippen molar-refractivity contribution in [2.24, 2.45) is 11.3 Å². The maximum atomic E-state index is 15.0. The lowest BCUT2D eigenvalue weighted by Gasteiger charge is -2.42. The number of carbonyl (C=O) groups excluding carboxylic acids is 2. The van der Waals surface area contributed by atoms with Crippen LogP contribution in [0.5, 0.6) is 0 Å². The van der Waals surface area contributed by atoms with E-state index in [0.29, 0.717) is 38.2 Å². The van der Waals surface area contributed by atoms with Crippen LogP contribution in [0.2, 0.25) is 0 Å². The molecule has 1 saturated heterocycles. The standard InChI is InChI=1S/C34H42ClF2N3O3/c1-33(2,3)31(40(30(41)18-35)21-24-14-15-38(20-24)32(42)43-34(4,5)6)29-16-25(27-17-26(36)12-13-28(27)37)22-39(29)19-23-10-8-7-9-11-23/h7-13,16-17,22,24,31H,14-15,18-21H2,1-6H3/t24?,31-/m0/s1. The predicted octanol–water partition coefficient (Wildman–Crippen LogP) is 7.89. The molecule has 6 nitrogen and oxygen atoms in total. The summed E-state index contributed by atoms with van der Waals surface area (Å²) in [6.45, 7) is 13.5. The molecule has 2 aromatic carbocycles. The number of hydrogen-bond donors (Lipinski definition) is 0. The molecule has 1 unspecified atom stereocenters. The van der Waals surface area contributed by atoms with Crippen molar-refractivity contribution in [3.05, 3.63) is 83.7 Å². The highest BCUT2D eigenvalue weighted by Crippen LogP contribution is 2.42. The second-order valence-electron chi connectivity index (χ2n) is 13.4. The summed E-state index contributed by atoms with van der Waals surface area (Å²) in [4.78, 5) is 29.8. The zero-order chi connectivity index (χ0) is 31.5. The lowest BCUT2D eigenvalue weighted by Crippen LogP contribution is -2.45. The summed E-state index contributed by atoms with van der Waals surface area (Å²) in [5.74, 6) is -1.49. The smallest absolute Gasteiger partial charge is 0.410 e. The fraction of sp³-hybridized carbons (Fsp3) is 0.471. The fourth-order valence-electron chi connectivity index (χ4n) is 5.79. The number of rotatable bonds is 8. The summed E-state index contributed by atoms with van der Waals surface area (Å²) in [6, 6.07) is 14.7. The van der Waals surface area contributed by atoms with Crippen LogP contribution in [-0.2, 0) is 16.1 Å². The largest absolute Gasteiger partial charge is 0.444 e. The van der Waals surface area contributed by atoms with E-state index in [-0.39, 0.29) is 29.4 Å². The van der Waals surface area contributed by atoms with Crippen LogP contribution >= 0.6 is 11.6 Å². The van der Waals surface area contributed by atoms with Crippen LogP contribution in [0.4, 0.5) is 13.6 Å². The van der Waals surface area contributed by atoms with E-state index in [1.807, 2.05) is 67.9 Å². The van der Waals surface area contributed by atoms with E-state index in [9.17, 15) is 18.4 Å². The molecule has 2 atom stereocenters. The van der Waals surface area contributed by atoms with E-state index in [1.165, 1.54) is 6.07 Å². The first-order valence-corrected chi connectivity index (χ1v) is 15.2. The molecule has 0 N–H and O–H groups in total. The van der Waals surface area contributed by atoms with Gasteiger partial charge in [-0.15, -0.1) is 11.6 Å². The van der Waals surface area contributed by atoms with Gasteiger partial charge < -0.3 is 19.1 Å². The van der Waals surface area contributed by atoms with Gasteiger partial charge in [0.2, 0.25) is 5.91 Å². The molecule has 1 aliphatic heterocycles. The number of likely N-dealkylation sites (tertiary alicyclic amines) is 1. The Kier molecular flexibility index (Phi) is 9.90. The van der Waals surface area contributed by atoms with E-state index in [1.54, 1.807) is 9.80 Å². The van der Waals surface area contributed by atoms with E-state index in [0.717, 1.165) is 23.4 Å². The number of amides is 2. The Morgan fingerprint density at radius 3 is 2.37 bits per heavy atom. The van der Waals surface area contributed by atoms with Crippen LogP contribution in [-0.4, -0.2) is 57.5 Å². The molecule has 2 amide bonds. The minimum atomic E-state index is -0.601. The fourth-order valence-corrected chi connectivity index (χ4v) is 5.95. The predicted molar refractivity (Wildman–Crippen MR) is 166 cm³/mol. The topological polar surface area (TPSA) is 54.8 Å². The van der Waals surface area contributed by atoms with Crippen molar-refractivity contribution in [1.29, 1.82) is 0 Å². The molecule has 0 bridgehead atoms. The third kappa shape index (κ3) is 8.17. The molecular weight excluding hydrogens is 572 g/mol. The third-order valence-electron chi connectivity index (χ3n) is 7.60. The average molecular weight is 614 g/mol. The molecule has 3 aromatic rings. The van der Waals surface area contributed by atoms with E-state index >= 15 is 0 Å². The number of benzene rings is 2. The van der Waals surface area contributed by atoms with Gasteiger partial charge in [0.15, 0.2) is 0 Å². The van der Waals surface area contributed by atoms with Crippen LogP contribution < -0.4 is 0 Å². The van der Waals surface area contributed by atoms with Crippen molar-refractivity contribution in [2.75, 3.05) is 25.5 Å². The van der Waals surface area contributed by atoms with Crippen molar-refractivity contribution < 1.29 is 23.1 Å². The van der Waals surface area contributed by atoms with Gasteiger partial charge in [-0.3, -0.25) is 4.79 Å². The van der Waals surface area contributed by atoms with Crippen molar-refractivity contribution >= 4 is 23.6 Å². The number of hydrogen-bond acceptors (Lipinski definition) is 3. The van der Waals surface area contributed by atoms with Gasteiger partial charge in [-0.2, -0.15) is 0 Å². The molecule has 43 heavy (non-hydrogen) atoms. The minimum absolute atomic E-state index is 0.0159. The molecule has 9 heteroatoms. The van der Waals surface area contributed by atoms with Crippen LogP contribution in [0, 0.1) is 23.0 Å². The summed E-state index contributed by atoms with van der Waals surface area (Å²) in [6.07, 6.45) is 2.17. The third-order valence-corrected chi connectivity index (χ3v) is 7.83. The molecule has 232 valence electrons. The summed E-state index contributed by atoms with van der Waals surface area (Å²) >= 11 is 6.20. The molecular formula is C34H42ClF2N3O3. The van der Waals surface area contributed by atoms with Crippen molar-refractivity contribution in [3.63, 3.8) is 0 Å². The number of ether oxygens (including phenoxy) is 1. The summed E-state index contributed by atoms with van der Waals surface area (Å²) in [5, 5.41) is 0. The highest BCUT2D eigenvalue weighted by atomic mass is 35.5. The summed E-state index contributed by atoms with van der Waals surface area (Å²) in [5.41, 5.74) is 1.42. The summed E-state index contributed by atoms with van der Waals surface area (Å²) in [7, 11) is 0. The van der Waals surface area contributed by atoms with Crippen LogP contribution in [0.1, 0.15) is 65.3 Å². The number of halogens is 3. The Hall–Kier alpha value is -3.39. The Balaban J connectivity index is 1.75. The van der Waals surface area contributed by atoms with Gasteiger partial charge in [0.25, 0.3) is 0 Å². The van der Waals surface area contributed by atoms with E-state index in [2.05, 4.69) is 20.8 Å². The highest BCUT2D eigenvalue weighted by molar-refractivity contribution is 6.27. The maximum absolute atomic E-state index is 15.0. The lowest BCUT2D eigenvalue weighted by molar-refractivity contribution is -0.134. The molecule has 0 saturated carbocycles. The Morgan fingerprint density at radius 2 is 1.74 bits per heavy atom. The zero-order valence-corrected chi connectivity index (χ0v) is 26.6. The molecule has 1 aliphatic rings. The van der Waals surface area contributed by atoms with Crippen LogP contribution in [0.15, 0.2) is 60.8 Å². The van der Waals surface area contributed by atoms with Crippen molar-refractivity contribution in [2.45, 2.75) is 66.2 Å². The van der Waals surface area contributed by atoms with Gasteiger partial charge >= 0.3 is 6.09 Å². The Labute approximate surface area is 258 Å². The Morgan fingerprint density at radius 1 is 1.05 bits per heavy atom. The average Bonchev–Trinajstić information content (AvgIpc) is 3.56. The second-order valence-corrected chi connectivity index (χ2v) is 13.7. The van der Waals surface area contributed by atoms with Gasteiger partial charge in [0.05, 0.1) is 6.04 Å². The van der Waals surface area contributed by atoms with Crippen molar-refractivity contribution in [3.8, 4) is 11.1 Å². The molecule has 1 fully saturated rings. The van der Waals surface area contributed by atoms with Gasteiger partial charge in [0.1, 0.15) is 23.1 Å². The van der Waals surface area contributed by atoms with Crippen LogP contribution in [0.25, 0.3) is 11.1 Å². The van der Waals surface area contributed by atoms with Crippen molar-refractivity contribution in [1.82, 2.24) is 14.4 Å². The minimum Gasteiger partial charge on any atom is -0.444 e. The molecule has 0 aliphatic carbocycles. The first-order chi connectivity index (χ1) is 20.2. The Bertz CT molecular complexity index is 1430. The second kappa shape index (κ2) is 13.1. The number of carbonyl (C=O) groups is 2. The lowest BCUT2D eigenvalue weighted by atomic mass is 9.82. The first kappa shape index (κ1) is 32.5. The van der Waals surface area contributed by atoms with Gasteiger partial charge in [-0.25, -0.2) is 13.6 Å². The molecule has 2 heterocycles. The van der Waals surface area contributed by atoms with Gasteiger partial charge in [-0.05, 0) is 68.4 Å². The molecule has 0 spiro atoms. The number of aromatic nitrogens is 1. The highest BCUT2D eigenvalue weighted by Gasteiger charge is 2.40. The van der Waals surface area contributed by atoms with E-state index < -0.39 is 28.7 Å². The van der Waals surface area contributed by atoms with Crippen LogP contribution in [0.3, 0.4) is 0 Å². The first-order valence-electron chi connectivity index (χ1n) is 14.7. The number of nitrogens with zero attached hydrogens (tertiary/aromatic N) is 3. The SMILES string of the molecule is CC(C)(C)OC(=O)N1CCC(CN(C(=O)CCl)[C@@H](c2cc(-c3cc(F)ccc3F)cn2Cc2ccccc2)C(C)(C)C)C1. The van der Waals surface area contributed by atoms with E-state index in [4.69, 9.17) is 16.3 Å². The normalized spacial score (nSPS) is 16.3. The summed E-state index contributed by atoms with van der Waals surface area (Å²) < 4.78 is 36.8. The molecule has 0 radical (unpaired) electrons. The molecule has 4 rings (SSSR count).